The maximum absolute atomic E-state index is 10.3. The zero-order valence-electron chi connectivity index (χ0n) is 21.2. The summed E-state index contributed by atoms with van der Waals surface area (Å²) in [5, 5.41) is 10.3. The summed E-state index contributed by atoms with van der Waals surface area (Å²) >= 11 is 0. The van der Waals surface area contributed by atoms with Crippen LogP contribution in [-0.4, -0.2) is 79.0 Å². The molecule has 36 heavy (non-hydrogen) atoms. The van der Waals surface area contributed by atoms with Gasteiger partial charge in [-0.25, -0.2) is 0 Å². The molecule has 4 aliphatic heterocycles. The molecular weight excluding hydrogens is 450 g/mol. The summed E-state index contributed by atoms with van der Waals surface area (Å²) in [5.74, 6) is 1.71. The highest BCUT2D eigenvalue weighted by Gasteiger charge is 2.52. The second-order valence-corrected chi connectivity index (χ2v) is 11.3. The molecule has 190 valence electrons. The van der Waals surface area contributed by atoms with Crippen LogP contribution in [0.2, 0.25) is 0 Å². The fourth-order valence-electron chi connectivity index (χ4n) is 7.64. The maximum Gasteiger partial charge on any atom is 0.166 e. The van der Waals surface area contributed by atoms with Crippen molar-refractivity contribution in [3.63, 3.8) is 0 Å². The normalized spacial score (nSPS) is 32.8. The molecule has 2 saturated heterocycles. The Morgan fingerprint density at radius 2 is 1.94 bits per heavy atom. The Kier molecular flexibility index (Phi) is 5.53. The third-order valence-corrected chi connectivity index (χ3v) is 9.40. The van der Waals surface area contributed by atoms with Crippen molar-refractivity contribution in [2.45, 2.75) is 61.9 Å². The predicted molar refractivity (Wildman–Crippen MR) is 141 cm³/mol. The first-order chi connectivity index (χ1) is 17.6. The van der Waals surface area contributed by atoms with Gasteiger partial charge in [-0.3, -0.25) is 9.80 Å². The van der Waals surface area contributed by atoms with Crippen LogP contribution in [0.4, 0.5) is 5.69 Å². The van der Waals surface area contributed by atoms with Gasteiger partial charge in [-0.05, 0) is 62.7 Å². The van der Waals surface area contributed by atoms with Crippen molar-refractivity contribution in [1.82, 2.24) is 9.80 Å². The van der Waals surface area contributed by atoms with E-state index < -0.39 is 6.10 Å². The molecule has 2 bridgehead atoms. The summed E-state index contributed by atoms with van der Waals surface area (Å²) < 4.78 is 12.1. The third-order valence-electron chi connectivity index (χ3n) is 9.40. The van der Waals surface area contributed by atoms with Gasteiger partial charge >= 0.3 is 0 Å². The minimum atomic E-state index is -0.433. The molecule has 4 heterocycles. The standard InChI is InChI=1S/C30H37N3O3/c1-35-26-9-8-21-18-31(15-12-30-11-10-25(34)17-27(30)36-29(26)28(21)30)13-5-14-32-19-24-16-23(32)20-33(24)22-6-3-2-4-7-22/h2-4,6-11,23-25,27,34H,5,12-20H2,1H3/t23?,24?,25?,27-,30?/m1/s1. The van der Waals surface area contributed by atoms with E-state index in [2.05, 4.69) is 63.2 Å². The molecule has 1 spiro atoms. The number of para-hydroxylation sites is 1. The highest BCUT2D eigenvalue weighted by Crippen LogP contribution is 2.55. The van der Waals surface area contributed by atoms with Crippen LogP contribution in [0.25, 0.3) is 0 Å². The summed E-state index contributed by atoms with van der Waals surface area (Å²) in [7, 11) is 1.72. The largest absolute Gasteiger partial charge is 0.493 e. The second kappa shape index (κ2) is 8.79. The lowest BCUT2D eigenvalue weighted by Gasteiger charge is -2.36. The van der Waals surface area contributed by atoms with Crippen molar-refractivity contribution in [3.8, 4) is 11.5 Å². The van der Waals surface area contributed by atoms with Crippen LogP contribution in [0.5, 0.6) is 11.5 Å². The first-order valence-corrected chi connectivity index (χ1v) is 13.7. The number of methoxy groups -OCH3 is 1. The molecule has 1 aliphatic carbocycles. The summed E-state index contributed by atoms with van der Waals surface area (Å²) in [5.41, 5.74) is 3.88. The topological polar surface area (TPSA) is 48.4 Å². The maximum atomic E-state index is 10.3. The molecule has 0 saturated carbocycles. The van der Waals surface area contributed by atoms with Gasteiger partial charge in [0.2, 0.25) is 0 Å². The number of rotatable bonds is 6. The Balaban J connectivity index is 1.02. The molecule has 6 nitrogen and oxygen atoms in total. The summed E-state index contributed by atoms with van der Waals surface area (Å²) in [6.07, 6.45) is 7.94. The molecule has 7 rings (SSSR count). The number of hydrogen-bond acceptors (Lipinski definition) is 6. The Hall–Kier alpha value is -2.54. The van der Waals surface area contributed by atoms with Crippen LogP contribution in [0.15, 0.2) is 54.6 Å². The minimum absolute atomic E-state index is 0.0183. The van der Waals surface area contributed by atoms with Gasteiger partial charge in [-0.2, -0.15) is 0 Å². The quantitative estimate of drug-likeness (QED) is 0.629. The third kappa shape index (κ3) is 3.57. The fourth-order valence-corrected chi connectivity index (χ4v) is 7.64. The molecule has 4 unspecified atom stereocenters. The lowest BCUT2D eigenvalue weighted by Crippen LogP contribution is -2.47. The zero-order chi connectivity index (χ0) is 24.3. The van der Waals surface area contributed by atoms with Crippen LogP contribution in [0, 0.1) is 0 Å². The average Bonchev–Trinajstić information content (AvgIpc) is 3.56. The van der Waals surface area contributed by atoms with Gasteiger partial charge in [0.05, 0.1) is 18.6 Å². The molecule has 0 radical (unpaired) electrons. The van der Waals surface area contributed by atoms with E-state index in [1.165, 1.54) is 49.3 Å². The molecule has 5 atom stereocenters. The molecule has 2 aromatic rings. The number of likely N-dealkylation sites (tertiary alicyclic amines) is 1. The Morgan fingerprint density at radius 3 is 2.75 bits per heavy atom. The van der Waals surface area contributed by atoms with Crippen LogP contribution < -0.4 is 14.4 Å². The van der Waals surface area contributed by atoms with Crippen molar-refractivity contribution in [2.75, 3.05) is 44.7 Å². The van der Waals surface area contributed by atoms with E-state index in [-0.39, 0.29) is 11.5 Å². The van der Waals surface area contributed by atoms with E-state index >= 15 is 0 Å². The number of fused-ring (bicyclic) bond motifs is 2. The monoisotopic (exact) mass is 487 g/mol. The van der Waals surface area contributed by atoms with Gasteiger partial charge < -0.3 is 19.5 Å². The van der Waals surface area contributed by atoms with Gasteiger partial charge in [0.1, 0.15) is 6.10 Å². The van der Waals surface area contributed by atoms with E-state index in [0.717, 1.165) is 37.6 Å². The van der Waals surface area contributed by atoms with Crippen LogP contribution in [0.1, 0.15) is 36.8 Å². The first kappa shape index (κ1) is 22.6. The SMILES string of the molecule is COc1ccc2c3c1O[C@@H]1CC(O)C=CC31CCN(CCCN1CC3CC1CN3c1ccccc1)C2. The highest BCUT2D eigenvalue weighted by molar-refractivity contribution is 5.61. The number of aliphatic hydroxyl groups is 1. The molecule has 0 aromatic heterocycles. The Bertz CT molecular complexity index is 1150. The first-order valence-electron chi connectivity index (χ1n) is 13.7. The molecule has 0 amide bonds. The van der Waals surface area contributed by atoms with Crippen molar-refractivity contribution in [2.24, 2.45) is 0 Å². The van der Waals surface area contributed by atoms with Crippen molar-refractivity contribution < 1.29 is 14.6 Å². The summed E-state index contributed by atoms with van der Waals surface area (Å²) in [6, 6.07) is 16.6. The van der Waals surface area contributed by atoms with Crippen LogP contribution >= 0.6 is 0 Å². The average molecular weight is 488 g/mol. The van der Waals surface area contributed by atoms with Gasteiger partial charge in [-0.1, -0.05) is 36.4 Å². The van der Waals surface area contributed by atoms with Gasteiger partial charge in [0, 0.05) is 49.4 Å². The van der Waals surface area contributed by atoms with Gasteiger partial charge in [0.25, 0.3) is 0 Å². The Labute approximate surface area is 214 Å². The number of nitrogens with zero attached hydrogens (tertiary/aromatic N) is 3. The molecule has 2 aromatic carbocycles. The summed E-state index contributed by atoms with van der Waals surface area (Å²) in [4.78, 5) is 7.98. The molecule has 2 fully saturated rings. The van der Waals surface area contributed by atoms with Gasteiger partial charge in [0.15, 0.2) is 11.5 Å². The number of aliphatic hydroxyl groups excluding tert-OH is 1. The highest BCUT2D eigenvalue weighted by atomic mass is 16.5. The van der Waals surface area contributed by atoms with Crippen molar-refractivity contribution in [3.05, 3.63) is 65.7 Å². The Morgan fingerprint density at radius 1 is 1.06 bits per heavy atom. The number of ether oxygens (including phenoxy) is 2. The number of piperazine rings is 1. The lowest BCUT2D eigenvalue weighted by molar-refractivity contribution is 0.0807. The van der Waals surface area contributed by atoms with Gasteiger partial charge in [-0.15, -0.1) is 0 Å². The lowest BCUT2D eigenvalue weighted by atomic mass is 9.69. The molecule has 6 heteroatoms. The van der Waals surface area contributed by atoms with E-state index in [9.17, 15) is 5.11 Å². The minimum Gasteiger partial charge on any atom is -0.493 e. The van der Waals surface area contributed by atoms with E-state index in [1.54, 1.807) is 7.11 Å². The zero-order valence-corrected chi connectivity index (χ0v) is 21.2. The second-order valence-electron chi connectivity index (χ2n) is 11.3. The van der Waals surface area contributed by atoms with E-state index in [0.29, 0.717) is 18.5 Å². The number of anilines is 1. The van der Waals surface area contributed by atoms with Crippen LogP contribution in [-0.2, 0) is 12.0 Å². The number of benzene rings is 2. The van der Waals surface area contributed by atoms with Crippen LogP contribution in [0.3, 0.4) is 0 Å². The predicted octanol–water partition coefficient (Wildman–Crippen LogP) is 3.57. The molecule has 1 N–H and O–H groups in total. The van der Waals surface area contributed by atoms with Crippen molar-refractivity contribution >= 4 is 5.69 Å². The smallest absolute Gasteiger partial charge is 0.166 e. The van der Waals surface area contributed by atoms with E-state index in [1.807, 2.05) is 6.08 Å². The fraction of sp³-hybridized carbons (Fsp3) is 0.533. The molecule has 5 aliphatic rings. The van der Waals surface area contributed by atoms with Crippen molar-refractivity contribution in [1.29, 1.82) is 0 Å². The number of hydrogen-bond donors (Lipinski definition) is 1. The summed E-state index contributed by atoms with van der Waals surface area (Å²) in [6.45, 7) is 6.66. The van der Waals surface area contributed by atoms with E-state index in [4.69, 9.17) is 9.47 Å². The molecular formula is C30H37N3O3.